The van der Waals surface area contributed by atoms with Gasteiger partial charge < -0.3 is 19.7 Å². The third-order valence-electron chi connectivity index (χ3n) is 3.83. The predicted octanol–water partition coefficient (Wildman–Crippen LogP) is 2.39. The average Bonchev–Trinajstić information content (AvgIpc) is 3.07. The van der Waals surface area contributed by atoms with Crippen LogP contribution in [0.25, 0.3) is 0 Å². The molecule has 1 aliphatic heterocycles. The van der Waals surface area contributed by atoms with Crippen molar-refractivity contribution in [1.82, 2.24) is 10.2 Å². The second-order valence-electron chi connectivity index (χ2n) is 5.86. The van der Waals surface area contributed by atoms with Crippen molar-refractivity contribution < 1.29 is 9.47 Å². The zero-order chi connectivity index (χ0) is 16.3. The van der Waals surface area contributed by atoms with E-state index < -0.39 is 0 Å². The Bertz CT molecular complexity index is 459. The molecule has 1 N–H and O–H groups in total. The van der Waals surface area contributed by atoms with Crippen LogP contribution in [0.4, 0.5) is 0 Å². The largest absolute Gasteiger partial charge is 0.494 e. The maximum atomic E-state index is 5.70. The minimum Gasteiger partial charge on any atom is -0.494 e. The summed E-state index contributed by atoms with van der Waals surface area (Å²) in [6.07, 6.45) is 2.05. The molecule has 0 radical (unpaired) electrons. The minimum absolute atomic E-state index is 0.616. The zero-order valence-corrected chi connectivity index (χ0v) is 14.3. The van der Waals surface area contributed by atoms with Crippen molar-refractivity contribution in [2.24, 2.45) is 10.9 Å². The Labute approximate surface area is 139 Å². The Hall–Kier alpha value is -1.75. The van der Waals surface area contributed by atoms with Gasteiger partial charge in [-0.1, -0.05) is 18.2 Å². The van der Waals surface area contributed by atoms with E-state index in [1.807, 2.05) is 30.3 Å². The summed E-state index contributed by atoms with van der Waals surface area (Å²) in [4.78, 5) is 6.91. The lowest BCUT2D eigenvalue weighted by atomic mass is 10.1. The van der Waals surface area contributed by atoms with E-state index in [-0.39, 0.29) is 0 Å². The molecule has 5 heteroatoms. The van der Waals surface area contributed by atoms with Crippen LogP contribution in [-0.4, -0.2) is 57.4 Å². The Balaban J connectivity index is 1.71. The predicted molar refractivity (Wildman–Crippen MR) is 94.1 cm³/mol. The van der Waals surface area contributed by atoms with E-state index in [1.165, 1.54) is 0 Å². The average molecular weight is 319 g/mol. The number of nitrogens with one attached hydrogen (secondary N) is 1. The lowest BCUT2D eigenvalue weighted by Gasteiger charge is -2.24. The second-order valence-corrected chi connectivity index (χ2v) is 5.86. The molecule has 1 heterocycles. The van der Waals surface area contributed by atoms with Gasteiger partial charge in [0.15, 0.2) is 5.96 Å². The maximum absolute atomic E-state index is 5.70. The van der Waals surface area contributed by atoms with Crippen molar-refractivity contribution in [2.45, 2.75) is 19.8 Å². The molecule has 0 bridgehead atoms. The molecule has 1 unspecified atom stereocenters. The minimum atomic E-state index is 0.616. The number of hydrogen-bond acceptors (Lipinski definition) is 3. The molecule has 0 spiro atoms. The number of rotatable bonds is 8. The molecule has 2 rings (SSSR count). The van der Waals surface area contributed by atoms with Crippen LogP contribution in [0.1, 0.15) is 19.8 Å². The number of para-hydroxylation sites is 1. The van der Waals surface area contributed by atoms with Crippen molar-refractivity contribution in [1.29, 1.82) is 0 Å². The summed E-state index contributed by atoms with van der Waals surface area (Å²) in [5.41, 5.74) is 0. The van der Waals surface area contributed by atoms with E-state index in [0.29, 0.717) is 12.5 Å². The second kappa shape index (κ2) is 10.1. The first-order valence-corrected chi connectivity index (χ1v) is 8.54. The molecule has 5 nitrogen and oxygen atoms in total. The van der Waals surface area contributed by atoms with Crippen molar-refractivity contribution >= 4 is 5.96 Å². The van der Waals surface area contributed by atoms with Crippen LogP contribution >= 0.6 is 0 Å². The van der Waals surface area contributed by atoms with Gasteiger partial charge in [-0.05, 0) is 25.5 Å². The molecule has 1 atom stereocenters. The fraction of sp³-hybridized carbons (Fsp3) is 0.611. The van der Waals surface area contributed by atoms with Crippen molar-refractivity contribution in [3.8, 4) is 5.75 Å². The highest BCUT2D eigenvalue weighted by Crippen LogP contribution is 2.13. The lowest BCUT2D eigenvalue weighted by molar-refractivity contribution is 0.181. The van der Waals surface area contributed by atoms with Gasteiger partial charge in [-0.25, -0.2) is 0 Å². The third-order valence-corrected chi connectivity index (χ3v) is 3.83. The molecule has 1 aromatic carbocycles. The molecule has 0 aromatic heterocycles. The summed E-state index contributed by atoms with van der Waals surface area (Å²) in [6.45, 7) is 7.18. The molecule has 1 fully saturated rings. The number of ether oxygens (including phenoxy) is 2. The van der Waals surface area contributed by atoms with Crippen LogP contribution in [0, 0.1) is 5.92 Å². The molecule has 128 valence electrons. The first-order valence-electron chi connectivity index (χ1n) is 8.54. The van der Waals surface area contributed by atoms with E-state index in [4.69, 9.17) is 14.5 Å². The Morgan fingerprint density at radius 2 is 2.22 bits per heavy atom. The fourth-order valence-electron chi connectivity index (χ4n) is 2.63. The number of guanidine groups is 1. The van der Waals surface area contributed by atoms with Gasteiger partial charge in [0.25, 0.3) is 0 Å². The quantitative estimate of drug-likeness (QED) is 0.454. The number of benzene rings is 1. The molecule has 0 saturated carbocycles. The van der Waals surface area contributed by atoms with E-state index in [2.05, 4.69) is 24.2 Å². The normalized spacial score (nSPS) is 18.0. The molecular formula is C18H29N3O2. The highest BCUT2D eigenvalue weighted by molar-refractivity contribution is 5.79. The van der Waals surface area contributed by atoms with Gasteiger partial charge >= 0.3 is 0 Å². The van der Waals surface area contributed by atoms with Crippen LogP contribution in [0.3, 0.4) is 0 Å². The molecule has 1 aromatic rings. The Morgan fingerprint density at radius 3 is 2.91 bits per heavy atom. The van der Waals surface area contributed by atoms with Gasteiger partial charge in [0.2, 0.25) is 0 Å². The Morgan fingerprint density at radius 1 is 1.39 bits per heavy atom. The molecular weight excluding hydrogens is 290 g/mol. The van der Waals surface area contributed by atoms with Crippen LogP contribution in [-0.2, 0) is 4.74 Å². The van der Waals surface area contributed by atoms with Crippen LogP contribution in [0.2, 0.25) is 0 Å². The molecule has 23 heavy (non-hydrogen) atoms. The van der Waals surface area contributed by atoms with Gasteiger partial charge in [-0.3, -0.25) is 4.99 Å². The van der Waals surface area contributed by atoms with E-state index in [0.717, 1.165) is 57.4 Å². The monoisotopic (exact) mass is 319 g/mol. The van der Waals surface area contributed by atoms with E-state index in [9.17, 15) is 0 Å². The summed E-state index contributed by atoms with van der Waals surface area (Å²) in [6, 6.07) is 9.91. The summed E-state index contributed by atoms with van der Waals surface area (Å²) in [7, 11) is 2.10. The fourth-order valence-corrected chi connectivity index (χ4v) is 2.63. The standard InChI is InChI=1S/C18H29N3O2/c1-3-19-18(21(2)14-16-10-13-22-15-16)20-11-7-12-23-17-8-5-4-6-9-17/h4-6,8-9,16H,3,7,10-15H2,1-2H3,(H,19,20). The molecule has 1 aliphatic rings. The highest BCUT2D eigenvalue weighted by atomic mass is 16.5. The summed E-state index contributed by atoms with van der Waals surface area (Å²) < 4.78 is 11.1. The third kappa shape index (κ3) is 6.48. The van der Waals surface area contributed by atoms with Crippen LogP contribution < -0.4 is 10.1 Å². The van der Waals surface area contributed by atoms with Gasteiger partial charge in [0, 0.05) is 45.6 Å². The van der Waals surface area contributed by atoms with Gasteiger partial charge in [-0.2, -0.15) is 0 Å². The van der Waals surface area contributed by atoms with Crippen molar-refractivity contribution in [3.05, 3.63) is 30.3 Å². The number of aliphatic imine (C=N–C) groups is 1. The first-order chi connectivity index (χ1) is 11.3. The number of hydrogen-bond donors (Lipinski definition) is 1. The van der Waals surface area contributed by atoms with Crippen LogP contribution in [0.15, 0.2) is 35.3 Å². The molecule has 0 amide bonds. The zero-order valence-electron chi connectivity index (χ0n) is 14.3. The van der Waals surface area contributed by atoms with Crippen molar-refractivity contribution in [2.75, 3.05) is 46.5 Å². The smallest absolute Gasteiger partial charge is 0.193 e. The van der Waals surface area contributed by atoms with Gasteiger partial charge in [0.05, 0.1) is 13.2 Å². The van der Waals surface area contributed by atoms with Gasteiger partial charge in [-0.15, -0.1) is 0 Å². The first kappa shape index (κ1) is 17.6. The Kier molecular flexibility index (Phi) is 7.73. The SMILES string of the molecule is CCNC(=NCCCOc1ccccc1)N(C)CC1CCOC1. The van der Waals surface area contributed by atoms with Crippen molar-refractivity contribution in [3.63, 3.8) is 0 Å². The van der Waals surface area contributed by atoms with E-state index >= 15 is 0 Å². The maximum Gasteiger partial charge on any atom is 0.193 e. The number of nitrogens with zero attached hydrogens (tertiary/aromatic N) is 2. The van der Waals surface area contributed by atoms with Gasteiger partial charge in [0.1, 0.15) is 5.75 Å². The van der Waals surface area contributed by atoms with E-state index in [1.54, 1.807) is 0 Å². The lowest BCUT2D eigenvalue weighted by Crippen LogP contribution is -2.41. The summed E-state index contributed by atoms with van der Waals surface area (Å²) in [5, 5.41) is 3.36. The van der Waals surface area contributed by atoms with Crippen LogP contribution in [0.5, 0.6) is 5.75 Å². The topological polar surface area (TPSA) is 46.1 Å². The highest BCUT2D eigenvalue weighted by Gasteiger charge is 2.18. The molecule has 0 aliphatic carbocycles. The molecule has 1 saturated heterocycles. The summed E-state index contributed by atoms with van der Waals surface area (Å²) >= 11 is 0. The summed E-state index contributed by atoms with van der Waals surface area (Å²) in [5.74, 6) is 2.51.